The zero-order chi connectivity index (χ0) is 22.7. The minimum atomic E-state index is -0.0353. The number of piperidine rings is 1. The van der Waals surface area contributed by atoms with Crippen LogP contribution in [-0.2, 0) is 0 Å². The molecule has 1 aliphatic rings. The molecule has 2 N–H and O–H groups in total. The molecule has 0 aliphatic carbocycles. The van der Waals surface area contributed by atoms with Crippen molar-refractivity contribution in [2.45, 2.75) is 44.6 Å². The van der Waals surface area contributed by atoms with Gasteiger partial charge in [-0.1, -0.05) is 37.3 Å². The molecule has 4 rings (SSSR count). The maximum atomic E-state index is 13.0. The van der Waals surface area contributed by atoms with E-state index in [1.165, 1.54) is 39.3 Å². The quantitative estimate of drug-likeness (QED) is 0.455. The van der Waals surface area contributed by atoms with Crippen molar-refractivity contribution >= 4 is 34.0 Å². The summed E-state index contributed by atoms with van der Waals surface area (Å²) in [5.74, 6) is 0.757. The fourth-order valence-corrected chi connectivity index (χ4v) is 6.18. The number of likely N-dealkylation sites (tertiary alicyclic amines) is 1. The van der Waals surface area contributed by atoms with E-state index in [1.54, 1.807) is 28.0 Å². The van der Waals surface area contributed by atoms with Crippen LogP contribution in [0.3, 0.4) is 0 Å². The molecule has 0 saturated carbocycles. The van der Waals surface area contributed by atoms with Gasteiger partial charge in [-0.15, -0.1) is 23.1 Å². The van der Waals surface area contributed by atoms with Gasteiger partial charge in [0.05, 0.1) is 18.7 Å². The smallest absolute Gasteiger partial charge is 0.256 e. The van der Waals surface area contributed by atoms with Crippen molar-refractivity contribution in [3.05, 3.63) is 81.7 Å². The highest BCUT2D eigenvalue weighted by molar-refractivity contribution is 7.98. The lowest BCUT2D eigenvalue weighted by atomic mass is 9.91. The Bertz CT molecular complexity index is 1050. The maximum absolute atomic E-state index is 13.0. The van der Waals surface area contributed by atoms with Crippen LogP contribution in [0.1, 0.15) is 57.7 Å². The predicted molar refractivity (Wildman–Crippen MR) is 137 cm³/mol. The summed E-state index contributed by atoms with van der Waals surface area (Å²) in [5.41, 5.74) is 4.63. The highest BCUT2D eigenvalue weighted by Crippen LogP contribution is 2.39. The van der Waals surface area contributed by atoms with Gasteiger partial charge in [0.1, 0.15) is 11.0 Å². The number of carbonyl (C=O) groups is 1. The molecule has 2 aromatic carbocycles. The molecule has 5 heteroatoms. The minimum absolute atomic E-state index is 0.0353. The van der Waals surface area contributed by atoms with E-state index in [1.807, 2.05) is 30.3 Å². The van der Waals surface area contributed by atoms with E-state index in [9.17, 15) is 4.79 Å². The van der Waals surface area contributed by atoms with E-state index >= 15 is 0 Å². The van der Waals surface area contributed by atoms with Gasteiger partial charge in [0.15, 0.2) is 0 Å². The number of carbonyl (C=O) groups excluding carboxylic acids is 1. The lowest BCUT2D eigenvalue weighted by Crippen LogP contribution is -3.13. The van der Waals surface area contributed by atoms with Crippen LogP contribution in [0.5, 0.6) is 0 Å². The molecule has 0 bridgehead atoms. The van der Waals surface area contributed by atoms with E-state index in [2.05, 4.69) is 56.6 Å². The summed E-state index contributed by atoms with van der Waals surface area (Å²) in [6.45, 7) is 9.08. The summed E-state index contributed by atoms with van der Waals surface area (Å²) < 4.78 is 0. The Morgan fingerprint density at radius 1 is 1.06 bits per heavy atom. The summed E-state index contributed by atoms with van der Waals surface area (Å²) in [6, 6.07) is 18.8. The van der Waals surface area contributed by atoms with Gasteiger partial charge in [-0.2, -0.15) is 0 Å². The van der Waals surface area contributed by atoms with E-state index < -0.39 is 0 Å². The van der Waals surface area contributed by atoms with Crippen LogP contribution in [0.25, 0.3) is 0 Å². The topological polar surface area (TPSA) is 33.5 Å². The summed E-state index contributed by atoms with van der Waals surface area (Å²) in [6.07, 6.45) is 4.62. The number of amides is 1. The number of hydrogen-bond donors (Lipinski definition) is 2. The lowest BCUT2D eigenvalue weighted by Gasteiger charge is -2.35. The van der Waals surface area contributed by atoms with Gasteiger partial charge in [-0.25, -0.2) is 0 Å². The van der Waals surface area contributed by atoms with Crippen LogP contribution >= 0.6 is 23.1 Å². The average molecular weight is 466 g/mol. The van der Waals surface area contributed by atoms with E-state index in [4.69, 9.17) is 0 Å². The van der Waals surface area contributed by atoms with Crippen LogP contribution in [0.2, 0.25) is 0 Å². The molecule has 1 aliphatic heterocycles. The number of rotatable bonds is 6. The van der Waals surface area contributed by atoms with Gasteiger partial charge in [0.25, 0.3) is 5.91 Å². The van der Waals surface area contributed by atoms with Crippen LogP contribution in [0.4, 0.5) is 5.00 Å². The van der Waals surface area contributed by atoms with Gasteiger partial charge in [-0.05, 0) is 68.7 Å². The second-order valence-electron chi connectivity index (χ2n) is 8.89. The maximum Gasteiger partial charge on any atom is 0.256 e. The summed E-state index contributed by atoms with van der Waals surface area (Å²) >= 11 is 3.49. The number of nitrogens with one attached hydrogen (secondary N) is 2. The molecule has 1 saturated heterocycles. The lowest BCUT2D eigenvalue weighted by molar-refractivity contribution is -0.931. The van der Waals surface area contributed by atoms with Crippen LogP contribution in [-0.4, -0.2) is 25.3 Å². The van der Waals surface area contributed by atoms with Crippen LogP contribution in [0, 0.1) is 19.8 Å². The first-order valence-corrected chi connectivity index (χ1v) is 13.5. The molecule has 3 nitrogen and oxygen atoms in total. The molecule has 0 spiro atoms. The summed E-state index contributed by atoms with van der Waals surface area (Å²) in [7, 11) is 0. The van der Waals surface area contributed by atoms with E-state index in [0.717, 1.165) is 24.0 Å². The fourth-order valence-electron chi connectivity index (χ4n) is 4.67. The molecule has 1 aromatic heterocycles. The third kappa shape index (κ3) is 4.95. The highest BCUT2D eigenvalue weighted by atomic mass is 32.2. The molecule has 0 unspecified atom stereocenters. The normalized spacial score (nSPS) is 19.5. The third-order valence-electron chi connectivity index (χ3n) is 6.76. The largest absolute Gasteiger partial charge is 0.325 e. The minimum Gasteiger partial charge on any atom is -0.325 e. The molecule has 32 heavy (non-hydrogen) atoms. The SMILES string of the molecule is CSc1ccc([C@@H](c2c(NC(=O)c3ccccc3)sc(C)c2C)[NH+]2CCC(C)CC2)cc1. The number of thioether (sulfide) groups is 1. The Morgan fingerprint density at radius 3 is 2.34 bits per heavy atom. The van der Waals surface area contributed by atoms with Crippen molar-refractivity contribution in [1.29, 1.82) is 0 Å². The van der Waals surface area contributed by atoms with Crippen molar-refractivity contribution < 1.29 is 9.69 Å². The van der Waals surface area contributed by atoms with Gasteiger partial charge >= 0.3 is 0 Å². The van der Waals surface area contributed by atoms with Gasteiger partial charge in [-0.3, -0.25) is 4.79 Å². The summed E-state index contributed by atoms with van der Waals surface area (Å²) in [5, 5.41) is 4.27. The molecule has 1 fully saturated rings. The number of thiophene rings is 1. The van der Waals surface area contributed by atoms with Crippen molar-refractivity contribution in [3.8, 4) is 0 Å². The molecular weight excluding hydrogens is 432 g/mol. The van der Waals surface area contributed by atoms with Crippen LogP contribution < -0.4 is 10.2 Å². The van der Waals surface area contributed by atoms with E-state index in [0.29, 0.717) is 5.56 Å². The molecule has 1 amide bonds. The van der Waals surface area contributed by atoms with Gasteiger partial charge < -0.3 is 10.2 Å². The molecule has 168 valence electrons. The Kier molecular flexibility index (Phi) is 7.39. The molecule has 0 radical (unpaired) electrons. The number of anilines is 1. The van der Waals surface area contributed by atoms with Crippen molar-refractivity contribution in [3.63, 3.8) is 0 Å². The van der Waals surface area contributed by atoms with Crippen LogP contribution in [0.15, 0.2) is 59.5 Å². The number of benzene rings is 2. The molecular formula is C27H33N2OS2+. The number of aryl methyl sites for hydroxylation is 1. The molecule has 1 atom stereocenters. The Balaban J connectivity index is 1.75. The molecule has 3 aromatic rings. The number of hydrogen-bond acceptors (Lipinski definition) is 3. The van der Waals surface area contributed by atoms with Crippen molar-refractivity contribution in [1.82, 2.24) is 0 Å². The Morgan fingerprint density at radius 2 is 1.72 bits per heavy atom. The summed E-state index contributed by atoms with van der Waals surface area (Å²) in [4.78, 5) is 17.2. The Labute approximate surface area is 200 Å². The first-order valence-electron chi connectivity index (χ1n) is 11.4. The standard InChI is InChI=1S/C27H32N2OS2/c1-18-14-16-29(17-15-18)25(21-10-12-23(31-4)13-11-21)24-19(2)20(3)32-27(24)28-26(30)22-8-6-5-7-9-22/h5-13,18,25H,14-17H2,1-4H3,(H,28,30)/p+1/t25-/m0/s1. The van der Waals surface area contributed by atoms with E-state index in [-0.39, 0.29) is 11.9 Å². The Hall–Kier alpha value is -2.08. The fraction of sp³-hybridized carbons (Fsp3) is 0.370. The predicted octanol–water partition coefficient (Wildman–Crippen LogP) is 5.74. The second-order valence-corrected chi connectivity index (χ2v) is 11.0. The van der Waals surface area contributed by atoms with Crippen molar-refractivity contribution in [2.75, 3.05) is 24.7 Å². The monoisotopic (exact) mass is 465 g/mol. The van der Waals surface area contributed by atoms with Gasteiger partial charge in [0, 0.05) is 20.9 Å². The number of quaternary nitrogens is 1. The van der Waals surface area contributed by atoms with Gasteiger partial charge in [0.2, 0.25) is 0 Å². The van der Waals surface area contributed by atoms with Crippen molar-refractivity contribution in [2.24, 2.45) is 5.92 Å². The zero-order valence-electron chi connectivity index (χ0n) is 19.4. The highest BCUT2D eigenvalue weighted by Gasteiger charge is 2.34. The third-order valence-corrected chi connectivity index (χ3v) is 8.64. The average Bonchev–Trinajstić information content (AvgIpc) is 3.09. The molecule has 2 heterocycles. The first kappa shape index (κ1) is 23.1. The second kappa shape index (κ2) is 10.2. The first-order chi connectivity index (χ1) is 15.5. The zero-order valence-corrected chi connectivity index (χ0v) is 21.0.